The first-order valence-electron chi connectivity index (χ1n) is 9.30. The number of amides is 3. The van der Waals surface area contributed by atoms with E-state index in [9.17, 15) is 14.0 Å². The zero-order valence-corrected chi connectivity index (χ0v) is 16.4. The Balaban J connectivity index is 1.75. The fraction of sp³-hybridized carbons (Fsp3) is 0.333. The van der Waals surface area contributed by atoms with Crippen LogP contribution in [0.5, 0.6) is 0 Å². The first-order valence-corrected chi connectivity index (χ1v) is 9.68. The minimum atomic E-state index is -0.843. The average Bonchev–Trinajstić information content (AvgIpc) is 2.69. The van der Waals surface area contributed by atoms with Crippen molar-refractivity contribution in [2.24, 2.45) is 5.92 Å². The maximum absolute atomic E-state index is 14.0. The molecule has 3 amide bonds. The van der Waals surface area contributed by atoms with E-state index >= 15 is 0 Å². The highest BCUT2D eigenvalue weighted by atomic mass is 35.5. The molecule has 28 heavy (non-hydrogen) atoms. The highest BCUT2D eigenvalue weighted by molar-refractivity contribution is 6.30. The second-order valence-electron chi connectivity index (χ2n) is 7.07. The van der Waals surface area contributed by atoms with Crippen LogP contribution < -0.4 is 10.6 Å². The average molecular weight is 404 g/mol. The molecule has 2 aromatic rings. The molecule has 0 bridgehead atoms. The van der Waals surface area contributed by atoms with E-state index < -0.39 is 17.9 Å². The number of halogens is 2. The van der Waals surface area contributed by atoms with Crippen molar-refractivity contribution in [2.45, 2.75) is 25.8 Å². The molecular weight excluding hydrogens is 381 g/mol. The normalized spacial score (nSPS) is 15.8. The van der Waals surface area contributed by atoms with Crippen LogP contribution in [0.1, 0.15) is 31.4 Å². The van der Waals surface area contributed by atoms with Gasteiger partial charge in [-0.3, -0.25) is 4.79 Å². The van der Waals surface area contributed by atoms with Crippen molar-refractivity contribution < 1.29 is 14.0 Å². The number of carbonyl (C=O) groups is 2. The number of nitrogens with zero attached hydrogens (tertiary/aromatic N) is 1. The summed E-state index contributed by atoms with van der Waals surface area (Å²) in [4.78, 5) is 27.4. The second-order valence-corrected chi connectivity index (χ2v) is 7.51. The lowest BCUT2D eigenvalue weighted by Gasteiger charge is -2.33. The van der Waals surface area contributed by atoms with Gasteiger partial charge in [-0.05, 0) is 42.5 Å². The summed E-state index contributed by atoms with van der Waals surface area (Å²) in [6.45, 7) is 3.50. The molecule has 1 aliphatic rings. The lowest BCUT2D eigenvalue weighted by Crippen LogP contribution is -2.46. The molecule has 1 aliphatic heterocycles. The Bertz CT molecular complexity index is 839. The fourth-order valence-electron chi connectivity index (χ4n) is 3.23. The smallest absolute Gasteiger partial charge is 0.320 e. The Kier molecular flexibility index (Phi) is 6.52. The molecule has 0 radical (unpaired) electrons. The molecule has 1 atom stereocenters. The van der Waals surface area contributed by atoms with Gasteiger partial charge in [0.15, 0.2) is 0 Å². The van der Waals surface area contributed by atoms with Crippen LogP contribution in [0.2, 0.25) is 5.02 Å². The first kappa shape index (κ1) is 20.1. The fourth-order valence-corrected chi connectivity index (χ4v) is 3.38. The Morgan fingerprint density at radius 1 is 1.14 bits per heavy atom. The van der Waals surface area contributed by atoms with E-state index in [1.807, 2.05) is 18.2 Å². The molecule has 0 saturated carbocycles. The third-order valence-corrected chi connectivity index (χ3v) is 5.17. The van der Waals surface area contributed by atoms with Gasteiger partial charge in [-0.15, -0.1) is 0 Å². The molecule has 0 unspecified atom stereocenters. The van der Waals surface area contributed by atoms with Crippen molar-refractivity contribution in [3.8, 4) is 0 Å². The van der Waals surface area contributed by atoms with E-state index in [0.717, 1.165) is 18.9 Å². The Hall–Kier alpha value is -2.60. The Labute approximate surface area is 168 Å². The van der Waals surface area contributed by atoms with Gasteiger partial charge >= 0.3 is 6.03 Å². The molecule has 7 heteroatoms. The number of piperidine rings is 1. The molecule has 1 saturated heterocycles. The number of carbonyl (C=O) groups excluding carboxylic acids is 2. The van der Waals surface area contributed by atoms with Crippen LogP contribution in [-0.2, 0) is 4.79 Å². The monoisotopic (exact) mass is 403 g/mol. The molecule has 3 rings (SSSR count). The topological polar surface area (TPSA) is 61.4 Å². The molecule has 148 valence electrons. The van der Waals surface area contributed by atoms with Crippen LogP contribution in [-0.4, -0.2) is 29.9 Å². The molecular formula is C21H23ClFN3O2. The predicted octanol–water partition coefficient (Wildman–Crippen LogP) is 4.60. The summed E-state index contributed by atoms with van der Waals surface area (Å²) in [7, 11) is 0. The van der Waals surface area contributed by atoms with Crippen molar-refractivity contribution in [3.05, 3.63) is 64.9 Å². The summed E-state index contributed by atoms with van der Waals surface area (Å²) >= 11 is 5.74. The summed E-state index contributed by atoms with van der Waals surface area (Å²) in [5, 5.41) is 5.38. The summed E-state index contributed by atoms with van der Waals surface area (Å²) in [5.41, 5.74) is 0.672. The highest BCUT2D eigenvalue weighted by Gasteiger charge is 2.29. The number of nitrogens with one attached hydrogen (secondary N) is 2. The number of urea groups is 1. The largest absolute Gasteiger partial charge is 0.341 e. The third-order valence-electron chi connectivity index (χ3n) is 4.93. The third kappa shape index (κ3) is 5.01. The van der Waals surface area contributed by atoms with Crippen LogP contribution in [0.25, 0.3) is 0 Å². The summed E-state index contributed by atoms with van der Waals surface area (Å²) in [6.07, 6.45) is 1.88. The number of likely N-dealkylation sites (tertiary alicyclic amines) is 1. The van der Waals surface area contributed by atoms with Gasteiger partial charge in [0.1, 0.15) is 11.9 Å². The molecule has 0 aromatic heterocycles. The number of benzene rings is 2. The lowest BCUT2D eigenvalue weighted by atomic mass is 9.97. The van der Waals surface area contributed by atoms with E-state index in [1.54, 1.807) is 17.0 Å². The predicted molar refractivity (Wildman–Crippen MR) is 108 cm³/mol. The van der Waals surface area contributed by atoms with E-state index in [-0.39, 0.29) is 16.6 Å². The molecule has 0 aliphatic carbocycles. The molecule has 0 spiro atoms. The van der Waals surface area contributed by atoms with Gasteiger partial charge in [0.05, 0.1) is 5.69 Å². The van der Waals surface area contributed by atoms with E-state index in [0.29, 0.717) is 24.6 Å². The number of hydrogen-bond donors (Lipinski definition) is 2. The summed E-state index contributed by atoms with van der Waals surface area (Å²) in [6, 6.07) is 11.5. The zero-order valence-electron chi connectivity index (χ0n) is 15.6. The van der Waals surface area contributed by atoms with Crippen LogP contribution >= 0.6 is 11.6 Å². The van der Waals surface area contributed by atoms with Crippen molar-refractivity contribution >= 4 is 29.2 Å². The SMILES string of the molecule is CC1CCN(C(=O)[C@@H](NC(=O)Nc2ccc(Cl)cc2F)c2ccccc2)CC1. The summed E-state index contributed by atoms with van der Waals surface area (Å²) in [5.74, 6) is -0.219. The Morgan fingerprint density at radius 2 is 1.82 bits per heavy atom. The van der Waals surface area contributed by atoms with E-state index in [2.05, 4.69) is 17.6 Å². The van der Waals surface area contributed by atoms with Crippen LogP contribution in [0, 0.1) is 11.7 Å². The van der Waals surface area contributed by atoms with Gasteiger partial charge in [-0.2, -0.15) is 0 Å². The van der Waals surface area contributed by atoms with E-state index in [1.165, 1.54) is 12.1 Å². The van der Waals surface area contributed by atoms with Crippen molar-refractivity contribution in [1.82, 2.24) is 10.2 Å². The molecule has 5 nitrogen and oxygen atoms in total. The maximum atomic E-state index is 14.0. The minimum Gasteiger partial charge on any atom is -0.341 e. The van der Waals surface area contributed by atoms with Crippen molar-refractivity contribution in [3.63, 3.8) is 0 Å². The van der Waals surface area contributed by atoms with Crippen LogP contribution in [0.15, 0.2) is 48.5 Å². The van der Waals surface area contributed by atoms with E-state index in [4.69, 9.17) is 11.6 Å². The molecule has 1 heterocycles. The van der Waals surface area contributed by atoms with Gasteiger partial charge in [-0.25, -0.2) is 9.18 Å². The maximum Gasteiger partial charge on any atom is 0.320 e. The minimum absolute atomic E-state index is 0.00652. The standard InChI is InChI=1S/C21H23ClFN3O2/c1-14-9-11-26(12-10-14)20(27)19(15-5-3-2-4-6-15)25-21(28)24-18-8-7-16(22)13-17(18)23/h2-8,13-14,19H,9-12H2,1H3,(H2,24,25,28)/t19-/m0/s1. The lowest BCUT2D eigenvalue weighted by molar-refractivity contribution is -0.134. The zero-order chi connectivity index (χ0) is 20.1. The highest BCUT2D eigenvalue weighted by Crippen LogP contribution is 2.23. The van der Waals surface area contributed by atoms with Gasteiger partial charge in [0, 0.05) is 18.1 Å². The molecule has 1 fully saturated rings. The number of hydrogen-bond acceptors (Lipinski definition) is 2. The van der Waals surface area contributed by atoms with Crippen LogP contribution in [0.3, 0.4) is 0 Å². The van der Waals surface area contributed by atoms with Gasteiger partial charge in [0.25, 0.3) is 0 Å². The summed E-state index contributed by atoms with van der Waals surface area (Å²) < 4.78 is 14.0. The molecule has 2 N–H and O–H groups in total. The van der Waals surface area contributed by atoms with Gasteiger partial charge in [-0.1, -0.05) is 48.9 Å². The van der Waals surface area contributed by atoms with Crippen molar-refractivity contribution in [1.29, 1.82) is 0 Å². The van der Waals surface area contributed by atoms with Gasteiger partial charge in [0.2, 0.25) is 5.91 Å². The number of rotatable bonds is 4. The van der Waals surface area contributed by atoms with Crippen LogP contribution in [0.4, 0.5) is 14.9 Å². The second kappa shape index (κ2) is 9.06. The number of anilines is 1. The first-order chi connectivity index (χ1) is 13.4. The molecule has 2 aromatic carbocycles. The Morgan fingerprint density at radius 3 is 2.46 bits per heavy atom. The van der Waals surface area contributed by atoms with Crippen molar-refractivity contribution in [2.75, 3.05) is 18.4 Å². The van der Waals surface area contributed by atoms with Gasteiger partial charge < -0.3 is 15.5 Å². The quantitative estimate of drug-likeness (QED) is 0.783.